The maximum Gasteiger partial charge on any atom is 0.223 e. The van der Waals surface area contributed by atoms with Crippen LogP contribution in [-0.4, -0.2) is 15.0 Å². The molecule has 0 atom stereocenters. The summed E-state index contributed by atoms with van der Waals surface area (Å²) in [7, 11) is 0. The van der Waals surface area contributed by atoms with E-state index in [0.717, 1.165) is 50.2 Å². The first-order valence-electron chi connectivity index (χ1n) is 5.75. The van der Waals surface area contributed by atoms with E-state index in [1.54, 1.807) is 0 Å². The highest BCUT2D eigenvalue weighted by atomic mass is 15.1. The van der Waals surface area contributed by atoms with Crippen molar-refractivity contribution < 1.29 is 0 Å². The normalized spacial score (nSPS) is 10.5. The number of anilines is 1. The minimum atomic E-state index is 0.363. The molecule has 0 radical (unpaired) electrons. The van der Waals surface area contributed by atoms with Gasteiger partial charge in [0, 0.05) is 12.8 Å². The van der Waals surface area contributed by atoms with Gasteiger partial charge in [0.25, 0.3) is 0 Å². The third kappa shape index (κ3) is 4.23. The number of hydrogen-bond acceptors (Lipinski definition) is 4. The highest BCUT2D eigenvalue weighted by Gasteiger charge is 2.03. The molecule has 4 nitrogen and oxygen atoms in total. The average Bonchev–Trinajstić information content (AvgIpc) is 2.23. The number of hydrogen-bond donors (Lipinski definition) is 1. The molecule has 15 heavy (non-hydrogen) atoms. The van der Waals surface area contributed by atoms with Crippen molar-refractivity contribution in [1.29, 1.82) is 0 Å². The first-order chi connectivity index (χ1) is 7.26. The van der Waals surface area contributed by atoms with Gasteiger partial charge >= 0.3 is 0 Å². The van der Waals surface area contributed by atoms with Crippen LogP contribution < -0.4 is 5.73 Å². The molecule has 84 valence electrons. The van der Waals surface area contributed by atoms with Crippen molar-refractivity contribution in [2.24, 2.45) is 0 Å². The second-order valence-corrected chi connectivity index (χ2v) is 3.73. The predicted molar refractivity (Wildman–Crippen MR) is 61.5 cm³/mol. The third-order valence-electron chi connectivity index (χ3n) is 2.25. The summed E-state index contributed by atoms with van der Waals surface area (Å²) in [6.07, 6.45) is 6.32. The maximum absolute atomic E-state index is 5.64. The van der Waals surface area contributed by atoms with E-state index in [2.05, 4.69) is 28.8 Å². The van der Waals surface area contributed by atoms with Crippen LogP contribution in [-0.2, 0) is 12.8 Å². The van der Waals surface area contributed by atoms with Gasteiger partial charge in [0.1, 0.15) is 11.6 Å². The predicted octanol–water partition coefficient (Wildman–Crippen LogP) is 2.14. The monoisotopic (exact) mass is 208 g/mol. The summed E-state index contributed by atoms with van der Waals surface area (Å²) < 4.78 is 0. The van der Waals surface area contributed by atoms with E-state index in [9.17, 15) is 0 Å². The lowest BCUT2D eigenvalue weighted by Gasteiger charge is -2.03. The van der Waals surface area contributed by atoms with Gasteiger partial charge in [0.2, 0.25) is 5.95 Å². The summed E-state index contributed by atoms with van der Waals surface area (Å²) in [5, 5.41) is 0. The zero-order valence-electron chi connectivity index (χ0n) is 9.66. The highest BCUT2D eigenvalue weighted by Crippen LogP contribution is 2.05. The fraction of sp³-hybridized carbons (Fsp3) is 0.727. The van der Waals surface area contributed by atoms with E-state index in [1.165, 1.54) is 0 Å². The van der Waals surface area contributed by atoms with Gasteiger partial charge in [-0.25, -0.2) is 4.98 Å². The molecule has 0 spiro atoms. The van der Waals surface area contributed by atoms with E-state index in [-0.39, 0.29) is 0 Å². The number of aryl methyl sites for hydroxylation is 2. The molecular formula is C11H20N4. The second kappa shape index (κ2) is 6.32. The van der Waals surface area contributed by atoms with Crippen molar-refractivity contribution in [1.82, 2.24) is 15.0 Å². The number of nitrogens with two attached hydrogens (primary N) is 1. The molecule has 0 fully saturated rings. The van der Waals surface area contributed by atoms with Crippen LogP contribution in [0.1, 0.15) is 51.2 Å². The summed E-state index contributed by atoms with van der Waals surface area (Å²) in [5.74, 6) is 2.05. The minimum Gasteiger partial charge on any atom is -0.368 e. The van der Waals surface area contributed by atoms with Gasteiger partial charge in [-0.2, -0.15) is 9.97 Å². The van der Waals surface area contributed by atoms with E-state index in [1.807, 2.05) is 0 Å². The van der Waals surface area contributed by atoms with E-state index in [4.69, 9.17) is 5.73 Å². The first-order valence-corrected chi connectivity index (χ1v) is 5.75. The largest absolute Gasteiger partial charge is 0.368 e. The molecule has 1 rings (SSSR count). The fourth-order valence-corrected chi connectivity index (χ4v) is 1.38. The van der Waals surface area contributed by atoms with Crippen molar-refractivity contribution in [2.45, 2.75) is 52.4 Å². The Hall–Kier alpha value is -1.19. The van der Waals surface area contributed by atoms with Crippen LogP contribution >= 0.6 is 0 Å². The molecule has 2 N–H and O–H groups in total. The van der Waals surface area contributed by atoms with Crippen LogP contribution in [0.25, 0.3) is 0 Å². The van der Waals surface area contributed by atoms with Crippen LogP contribution in [0.2, 0.25) is 0 Å². The first kappa shape index (κ1) is 11.9. The Kier molecular flexibility index (Phi) is 5.01. The average molecular weight is 208 g/mol. The Morgan fingerprint density at radius 1 is 0.867 bits per heavy atom. The van der Waals surface area contributed by atoms with Gasteiger partial charge in [-0.15, -0.1) is 0 Å². The Bertz CT molecular complexity index is 272. The van der Waals surface area contributed by atoms with Crippen molar-refractivity contribution in [3.8, 4) is 0 Å². The van der Waals surface area contributed by atoms with E-state index >= 15 is 0 Å². The van der Waals surface area contributed by atoms with Crippen LogP contribution in [0, 0.1) is 0 Å². The van der Waals surface area contributed by atoms with Gasteiger partial charge in [-0.05, 0) is 12.8 Å². The maximum atomic E-state index is 5.64. The molecule has 0 aliphatic carbocycles. The van der Waals surface area contributed by atoms with Gasteiger partial charge < -0.3 is 5.73 Å². The van der Waals surface area contributed by atoms with Crippen LogP contribution in [0.5, 0.6) is 0 Å². The summed E-state index contributed by atoms with van der Waals surface area (Å²) >= 11 is 0. The molecule has 0 aliphatic heterocycles. The fourth-order valence-electron chi connectivity index (χ4n) is 1.38. The number of nitrogen functional groups attached to an aromatic ring is 1. The summed E-state index contributed by atoms with van der Waals surface area (Å²) in [4.78, 5) is 12.7. The summed E-state index contributed by atoms with van der Waals surface area (Å²) in [6, 6.07) is 0. The Morgan fingerprint density at radius 3 is 1.73 bits per heavy atom. The van der Waals surface area contributed by atoms with Gasteiger partial charge in [-0.3, -0.25) is 0 Å². The topological polar surface area (TPSA) is 64.7 Å². The number of nitrogens with zero attached hydrogens (tertiary/aromatic N) is 3. The molecule has 0 aromatic carbocycles. The summed E-state index contributed by atoms with van der Waals surface area (Å²) in [6.45, 7) is 4.31. The van der Waals surface area contributed by atoms with Crippen LogP contribution in [0.3, 0.4) is 0 Å². The van der Waals surface area contributed by atoms with Crippen molar-refractivity contribution in [3.63, 3.8) is 0 Å². The summed E-state index contributed by atoms with van der Waals surface area (Å²) in [5.41, 5.74) is 5.64. The number of unbranched alkanes of at least 4 members (excludes halogenated alkanes) is 2. The standard InChI is InChI=1S/C11H20N4/c1-3-5-7-9-13-10(8-6-4-2)15-11(12)14-9/h3-8H2,1-2H3,(H2,12,13,14,15). The zero-order valence-corrected chi connectivity index (χ0v) is 9.66. The SMILES string of the molecule is CCCCc1nc(N)nc(CCCC)n1. The molecule has 0 unspecified atom stereocenters. The molecular weight excluding hydrogens is 188 g/mol. The molecule has 1 heterocycles. The van der Waals surface area contributed by atoms with Gasteiger partial charge in [0.15, 0.2) is 0 Å². The van der Waals surface area contributed by atoms with Gasteiger partial charge in [0.05, 0.1) is 0 Å². The number of rotatable bonds is 6. The van der Waals surface area contributed by atoms with Crippen molar-refractivity contribution >= 4 is 5.95 Å². The zero-order chi connectivity index (χ0) is 11.1. The molecule has 0 saturated carbocycles. The Morgan fingerprint density at radius 2 is 1.33 bits per heavy atom. The van der Waals surface area contributed by atoms with E-state index < -0.39 is 0 Å². The molecule has 1 aromatic heterocycles. The Labute approximate surface area is 91.3 Å². The molecule has 0 aliphatic rings. The van der Waals surface area contributed by atoms with Crippen LogP contribution in [0.4, 0.5) is 5.95 Å². The van der Waals surface area contributed by atoms with Crippen molar-refractivity contribution in [2.75, 3.05) is 5.73 Å². The minimum absolute atomic E-state index is 0.363. The van der Waals surface area contributed by atoms with Crippen LogP contribution in [0.15, 0.2) is 0 Å². The smallest absolute Gasteiger partial charge is 0.223 e. The lowest BCUT2D eigenvalue weighted by molar-refractivity contribution is 0.703. The third-order valence-corrected chi connectivity index (χ3v) is 2.25. The van der Waals surface area contributed by atoms with Gasteiger partial charge in [-0.1, -0.05) is 26.7 Å². The highest BCUT2D eigenvalue weighted by molar-refractivity contribution is 5.16. The second-order valence-electron chi connectivity index (χ2n) is 3.73. The van der Waals surface area contributed by atoms with E-state index in [0.29, 0.717) is 5.95 Å². The molecule has 0 bridgehead atoms. The number of aromatic nitrogens is 3. The molecule has 0 saturated heterocycles. The van der Waals surface area contributed by atoms with Crippen molar-refractivity contribution in [3.05, 3.63) is 11.6 Å². The lowest BCUT2D eigenvalue weighted by atomic mass is 10.2. The lowest BCUT2D eigenvalue weighted by Crippen LogP contribution is -2.07. The molecule has 1 aromatic rings. The molecule has 4 heteroatoms. The Balaban J connectivity index is 2.66. The molecule has 0 amide bonds. The quantitative estimate of drug-likeness (QED) is 0.777.